The van der Waals surface area contributed by atoms with Crippen LogP contribution in [0.4, 0.5) is 11.5 Å². The van der Waals surface area contributed by atoms with Crippen LogP contribution >= 0.6 is 0 Å². The van der Waals surface area contributed by atoms with E-state index in [4.69, 9.17) is 10.5 Å². The van der Waals surface area contributed by atoms with E-state index in [1.54, 1.807) is 0 Å². The molecule has 1 aliphatic rings. The van der Waals surface area contributed by atoms with E-state index in [1.807, 2.05) is 26.1 Å². The molecular formula is C12H19N3O. The molecule has 0 saturated carbocycles. The highest BCUT2D eigenvalue weighted by molar-refractivity contribution is 5.63. The summed E-state index contributed by atoms with van der Waals surface area (Å²) >= 11 is 0. The predicted octanol–water partition coefficient (Wildman–Crippen LogP) is 1.59. The van der Waals surface area contributed by atoms with Crippen LogP contribution < -0.4 is 10.6 Å². The Bertz CT molecular complexity index is 381. The molecule has 1 fully saturated rings. The first-order chi connectivity index (χ1) is 7.59. The molecule has 1 aromatic heterocycles. The second kappa shape index (κ2) is 4.29. The topological polar surface area (TPSA) is 51.4 Å². The maximum Gasteiger partial charge on any atom is 0.152 e. The van der Waals surface area contributed by atoms with Gasteiger partial charge < -0.3 is 15.4 Å². The lowest BCUT2D eigenvalue weighted by atomic mass is 10.1. The summed E-state index contributed by atoms with van der Waals surface area (Å²) in [7, 11) is 2.04. The quantitative estimate of drug-likeness (QED) is 0.824. The minimum Gasteiger partial charge on any atom is -0.396 e. The normalized spacial score (nSPS) is 24.7. The van der Waals surface area contributed by atoms with Gasteiger partial charge in [0.25, 0.3) is 0 Å². The van der Waals surface area contributed by atoms with E-state index in [-0.39, 0.29) is 6.10 Å². The monoisotopic (exact) mass is 221 g/mol. The molecule has 1 aromatic rings. The first-order valence-corrected chi connectivity index (χ1v) is 5.67. The summed E-state index contributed by atoms with van der Waals surface area (Å²) in [5.41, 5.74) is 7.68. The first kappa shape index (κ1) is 11.2. The van der Waals surface area contributed by atoms with E-state index in [2.05, 4.69) is 16.8 Å². The lowest BCUT2D eigenvalue weighted by Crippen LogP contribution is -2.37. The van der Waals surface area contributed by atoms with Gasteiger partial charge in [-0.3, -0.25) is 0 Å². The van der Waals surface area contributed by atoms with Crippen molar-refractivity contribution in [3.05, 3.63) is 17.8 Å². The number of hydrogen-bond donors (Lipinski definition) is 1. The highest BCUT2D eigenvalue weighted by Crippen LogP contribution is 2.27. The van der Waals surface area contributed by atoms with Crippen molar-refractivity contribution in [1.29, 1.82) is 0 Å². The largest absolute Gasteiger partial charge is 0.396 e. The number of nitrogens with zero attached hydrogens (tertiary/aromatic N) is 2. The van der Waals surface area contributed by atoms with Gasteiger partial charge in [-0.1, -0.05) is 0 Å². The number of pyridine rings is 1. The average molecular weight is 221 g/mol. The number of anilines is 2. The zero-order chi connectivity index (χ0) is 11.7. The number of aromatic nitrogens is 1. The summed E-state index contributed by atoms with van der Waals surface area (Å²) in [6, 6.07) is 4.21. The Balaban J connectivity index is 2.25. The van der Waals surface area contributed by atoms with E-state index in [9.17, 15) is 0 Å². The molecule has 2 heterocycles. The highest BCUT2D eigenvalue weighted by atomic mass is 16.5. The average Bonchev–Trinajstić information content (AvgIpc) is 2.67. The van der Waals surface area contributed by atoms with Gasteiger partial charge in [-0.15, -0.1) is 0 Å². The maximum atomic E-state index is 5.96. The van der Waals surface area contributed by atoms with Crippen molar-refractivity contribution in [2.75, 3.05) is 24.3 Å². The Hall–Kier alpha value is -1.29. The minimum absolute atomic E-state index is 0.242. The SMILES string of the molecule is Cc1ccc(N)c(N(C)C2CCOC2C)n1. The molecule has 2 atom stereocenters. The van der Waals surface area contributed by atoms with Gasteiger partial charge in [-0.05, 0) is 32.4 Å². The van der Waals surface area contributed by atoms with Crippen molar-refractivity contribution in [3.63, 3.8) is 0 Å². The van der Waals surface area contributed by atoms with Crippen molar-refractivity contribution in [3.8, 4) is 0 Å². The van der Waals surface area contributed by atoms with Gasteiger partial charge in [-0.2, -0.15) is 0 Å². The second-order valence-electron chi connectivity index (χ2n) is 4.41. The van der Waals surface area contributed by atoms with Crippen molar-refractivity contribution in [2.24, 2.45) is 0 Å². The standard InChI is InChI=1S/C12H19N3O/c1-8-4-5-10(13)12(14-8)15(3)11-6-7-16-9(11)2/h4-5,9,11H,6-7,13H2,1-3H3. The molecule has 1 aliphatic heterocycles. The fourth-order valence-corrected chi connectivity index (χ4v) is 2.22. The van der Waals surface area contributed by atoms with Gasteiger partial charge in [0.05, 0.1) is 17.8 Å². The van der Waals surface area contributed by atoms with Crippen molar-refractivity contribution in [1.82, 2.24) is 4.98 Å². The molecule has 2 unspecified atom stereocenters. The molecular weight excluding hydrogens is 202 g/mol. The van der Waals surface area contributed by atoms with Gasteiger partial charge >= 0.3 is 0 Å². The Kier molecular flexibility index (Phi) is 3.01. The molecule has 0 aromatic carbocycles. The number of likely N-dealkylation sites (N-methyl/N-ethyl adjacent to an activating group) is 1. The van der Waals surface area contributed by atoms with E-state index in [1.165, 1.54) is 0 Å². The van der Waals surface area contributed by atoms with Gasteiger partial charge in [0.15, 0.2) is 5.82 Å². The highest BCUT2D eigenvalue weighted by Gasteiger charge is 2.29. The number of hydrogen-bond acceptors (Lipinski definition) is 4. The summed E-state index contributed by atoms with van der Waals surface area (Å²) in [6.07, 6.45) is 1.28. The Labute approximate surface area is 96.4 Å². The number of nitrogen functional groups attached to an aromatic ring is 1. The van der Waals surface area contributed by atoms with Crippen LogP contribution in [0.1, 0.15) is 19.0 Å². The van der Waals surface area contributed by atoms with Crippen LogP contribution in [-0.4, -0.2) is 30.8 Å². The molecule has 0 amide bonds. The maximum absolute atomic E-state index is 5.96. The number of aryl methyl sites for hydroxylation is 1. The van der Waals surface area contributed by atoms with Crippen molar-refractivity contribution in [2.45, 2.75) is 32.4 Å². The third kappa shape index (κ3) is 1.97. The van der Waals surface area contributed by atoms with Crippen LogP contribution in [0.2, 0.25) is 0 Å². The van der Waals surface area contributed by atoms with E-state index in [0.29, 0.717) is 6.04 Å². The van der Waals surface area contributed by atoms with E-state index in [0.717, 1.165) is 30.2 Å². The third-order valence-corrected chi connectivity index (χ3v) is 3.21. The lowest BCUT2D eigenvalue weighted by Gasteiger charge is -2.28. The van der Waals surface area contributed by atoms with E-state index < -0.39 is 0 Å². The minimum atomic E-state index is 0.242. The molecule has 2 N–H and O–H groups in total. The molecule has 1 saturated heterocycles. The predicted molar refractivity (Wildman–Crippen MR) is 65.6 cm³/mol. The third-order valence-electron chi connectivity index (χ3n) is 3.21. The molecule has 4 nitrogen and oxygen atoms in total. The number of ether oxygens (including phenoxy) is 1. The molecule has 0 radical (unpaired) electrons. The van der Waals surface area contributed by atoms with Gasteiger partial charge in [0.1, 0.15) is 0 Å². The van der Waals surface area contributed by atoms with E-state index >= 15 is 0 Å². The van der Waals surface area contributed by atoms with Crippen LogP contribution in [0.15, 0.2) is 12.1 Å². The molecule has 0 spiro atoms. The summed E-state index contributed by atoms with van der Waals surface area (Å²) in [4.78, 5) is 6.64. The summed E-state index contributed by atoms with van der Waals surface area (Å²) in [5.74, 6) is 0.863. The molecule has 16 heavy (non-hydrogen) atoms. The first-order valence-electron chi connectivity index (χ1n) is 5.67. The van der Waals surface area contributed by atoms with Crippen LogP contribution in [0, 0.1) is 6.92 Å². The van der Waals surface area contributed by atoms with Crippen LogP contribution in [-0.2, 0) is 4.74 Å². The number of rotatable bonds is 2. The molecule has 4 heteroatoms. The van der Waals surface area contributed by atoms with Gasteiger partial charge in [0.2, 0.25) is 0 Å². The van der Waals surface area contributed by atoms with Crippen LogP contribution in [0.3, 0.4) is 0 Å². The second-order valence-corrected chi connectivity index (χ2v) is 4.41. The molecule has 2 rings (SSSR count). The smallest absolute Gasteiger partial charge is 0.152 e. The molecule has 88 valence electrons. The summed E-state index contributed by atoms with van der Waals surface area (Å²) in [5, 5.41) is 0. The summed E-state index contributed by atoms with van der Waals surface area (Å²) < 4.78 is 5.57. The lowest BCUT2D eigenvalue weighted by molar-refractivity contribution is 0.118. The van der Waals surface area contributed by atoms with Gasteiger partial charge in [-0.25, -0.2) is 4.98 Å². The fourth-order valence-electron chi connectivity index (χ4n) is 2.22. The number of nitrogens with two attached hydrogens (primary N) is 1. The van der Waals surface area contributed by atoms with Crippen molar-refractivity contribution < 1.29 is 4.74 Å². The van der Waals surface area contributed by atoms with Crippen LogP contribution in [0.25, 0.3) is 0 Å². The van der Waals surface area contributed by atoms with Gasteiger partial charge in [0, 0.05) is 19.3 Å². The fraction of sp³-hybridized carbons (Fsp3) is 0.583. The Morgan fingerprint density at radius 2 is 2.25 bits per heavy atom. The Morgan fingerprint density at radius 3 is 2.88 bits per heavy atom. The molecule has 0 bridgehead atoms. The zero-order valence-corrected chi connectivity index (χ0v) is 10.1. The zero-order valence-electron chi connectivity index (χ0n) is 10.1. The van der Waals surface area contributed by atoms with Crippen LogP contribution in [0.5, 0.6) is 0 Å². The van der Waals surface area contributed by atoms with Crippen molar-refractivity contribution >= 4 is 11.5 Å². The summed E-state index contributed by atoms with van der Waals surface area (Å²) in [6.45, 7) is 4.90. The Morgan fingerprint density at radius 1 is 1.50 bits per heavy atom. The molecule has 0 aliphatic carbocycles.